The summed E-state index contributed by atoms with van der Waals surface area (Å²) >= 11 is 0. The summed E-state index contributed by atoms with van der Waals surface area (Å²) in [6.45, 7) is 2.64. The van der Waals surface area contributed by atoms with Gasteiger partial charge in [0.25, 0.3) is 5.91 Å². The van der Waals surface area contributed by atoms with Crippen molar-refractivity contribution in [1.29, 1.82) is 0 Å². The van der Waals surface area contributed by atoms with E-state index in [9.17, 15) is 4.79 Å². The van der Waals surface area contributed by atoms with E-state index >= 15 is 0 Å². The summed E-state index contributed by atoms with van der Waals surface area (Å²) in [5.74, 6) is 0.594. The predicted molar refractivity (Wildman–Crippen MR) is 83.1 cm³/mol. The number of benzene rings is 1. The maximum atomic E-state index is 12.5. The van der Waals surface area contributed by atoms with Gasteiger partial charge in [-0.25, -0.2) is 0 Å². The Kier molecular flexibility index (Phi) is 3.72. The van der Waals surface area contributed by atoms with E-state index in [1.54, 1.807) is 6.07 Å². The molecular formula is C17H22N2O2. The number of nitrogens with one attached hydrogen (secondary N) is 1. The molecule has 3 rings (SSSR count). The van der Waals surface area contributed by atoms with Crippen LogP contribution in [-0.4, -0.2) is 18.0 Å². The summed E-state index contributed by atoms with van der Waals surface area (Å²) < 4.78 is 5.64. The van der Waals surface area contributed by atoms with Crippen LogP contribution < -0.4 is 11.1 Å². The minimum atomic E-state index is -0.297. The lowest BCUT2D eigenvalue weighted by molar-refractivity contribution is 0.0787. The van der Waals surface area contributed by atoms with Crippen LogP contribution in [0.2, 0.25) is 0 Å². The summed E-state index contributed by atoms with van der Waals surface area (Å²) in [4.78, 5) is 12.5. The van der Waals surface area contributed by atoms with Crippen LogP contribution in [0.5, 0.6) is 0 Å². The summed E-state index contributed by atoms with van der Waals surface area (Å²) in [5, 5.41) is 4.10. The van der Waals surface area contributed by atoms with Gasteiger partial charge in [-0.15, -0.1) is 0 Å². The molecule has 0 aliphatic heterocycles. The first-order valence-electron chi connectivity index (χ1n) is 7.66. The lowest BCUT2D eigenvalue weighted by atomic mass is 9.73. The molecular weight excluding hydrogens is 264 g/mol. The van der Waals surface area contributed by atoms with E-state index in [2.05, 4.69) is 12.2 Å². The van der Waals surface area contributed by atoms with E-state index in [-0.39, 0.29) is 11.4 Å². The number of para-hydroxylation sites is 1. The van der Waals surface area contributed by atoms with Gasteiger partial charge in [0.05, 0.1) is 5.54 Å². The summed E-state index contributed by atoms with van der Waals surface area (Å²) in [7, 11) is 0. The first kappa shape index (κ1) is 14.1. The van der Waals surface area contributed by atoms with Crippen LogP contribution in [0.25, 0.3) is 11.0 Å². The van der Waals surface area contributed by atoms with Gasteiger partial charge in [0, 0.05) is 11.9 Å². The Hall–Kier alpha value is -1.81. The molecule has 1 saturated carbocycles. The number of carbonyl (C=O) groups is 1. The zero-order chi connectivity index (χ0) is 14.9. The topological polar surface area (TPSA) is 68.3 Å². The Morgan fingerprint density at radius 3 is 2.95 bits per heavy atom. The highest BCUT2D eigenvalue weighted by Crippen LogP contribution is 2.33. The Morgan fingerprint density at radius 1 is 1.43 bits per heavy atom. The van der Waals surface area contributed by atoms with Crippen LogP contribution in [0.1, 0.15) is 43.2 Å². The molecule has 4 heteroatoms. The van der Waals surface area contributed by atoms with Gasteiger partial charge >= 0.3 is 0 Å². The van der Waals surface area contributed by atoms with Crippen LogP contribution in [0.15, 0.2) is 34.7 Å². The van der Waals surface area contributed by atoms with Gasteiger partial charge < -0.3 is 15.5 Å². The molecule has 112 valence electrons. The molecule has 1 aromatic carbocycles. The fourth-order valence-electron chi connectivity index (χ4n) is 3.34. The molecule has 1 aromatic heterocycles. The van der Waals surface area contributed by atoms with Gasteiger partial charge in [-0.3, -0.25) is 4.79 Å². The third kappa shape index (κ3) is 2.56. The minimum absolute atomic E-state index is 0.162. The number of nitrogens with two attached hydrogens (primary N) is 1. The molecule has 1 aliphatic carbocycles. The SMILES string of the molecule is CC1CCCCC1(CN)NC(=O)c1cc2ccccc2o1. The molecule has 2 atom stereocenters. The number of hydrogen-bond acceptors (Lipinski definition) is 3. The van der Waals surface area contributed by atoms with Crippen LogP contribution >= 0.6 is 0 Å². The van der Waals surface area contributed by atoms with E-state index in [1.165, 1.54) is 6.42 Å². The van der Waals surface area contributed by atoms with Crippen molar-refractivity contribution in [2.45, 2.75) is 38.1 Å². The normalized spacial score (nSPS) is 25.9. The highest BCUT2D eigenvalue weighted by molar-refractivity contribution is 5.96. The highest BCUT2D eigenvalue weighted by Gasteiger charge is 2.38. The number of rotatable bonds is 3. The lowest BCUT2D eigenvalue weighted by Crippen LogP contribution is -2.59. The van der Waals surface area contributed by atoms with Crippen LogP contribution in [-0.2, 0) is 0 Å². The maximum Gasteiger partial charge on any atom is 0.287 e. The number of furan rings is 1. The molecule has 3 N–H and O–H groups in total. The largest absolute Gasteiger partial charge is 0.451 e. The molecule has 1 amide bonds. The average Bonchev–Trinajstić information content (AvgIpc) is 2.94. The van der Waals surface area contributed by atoms with Crippen LogP contribution in [0, 0.1) is 5.92 Å². The van der Waals surface area contributed by atoms with E-state index in [0.717, 1.165) is 30.2 Å². The van der Waals surface area contributed by atoms with Crippen LogP contribution in [0.3, 0.4) is 0 Å². The molecule has 0 saturated heterocycles. The third-order valence-corrected chi connectivity index (χ3v) is 4.83. The summed E-state index contributed by atoms with van der Waals surface area (Å²) in [5.41, 5.74) is 6.42. The van der Waals surface area contributed by atoms with Crippen molar-refractivity contribution in [2.24, 2.45) is 11.7 Å². The zero-order valence-electron chi connectivity index (χ0n) is 12.4. The van der Waals surface area contributed by atoms with E-state index in [0.29, 0.717) is 18.2 Å². The molecule has 0 spiro atoms. The Labute approximate surface area is 124 Å². The van der Waals surface area contributed by atoms with Crippen molar-refractivity contribution >= 4 is 16.9 Å². The van der Waals surface area contributed by atoms with Gasteiger partial charge in [0.15, 0.2) is 5.76 Å². The second kappa shape index (κ2) is 5.53. The number of hydrogen-bond donors (Lipinski definition) is 2. The predicted octanol–water partition coefficient (Wildman–Crippen LogP) is 3.07. The summed E-state index contributed by atoms with van der Waals surface area (Å²) in [6.07, 6.45) is 4.37. The van der Waals surface area contributed by atoms with Crippen molar-refractivity contribution in [3.8, 4) is 0 Å². The minimum Gasteiger partial charge on any atom is -0.451 e. The van der Waals surface area contributed by atoms with Crippen molar-refractivity contribution in [3.05, 3.63) is 36.1 Å². The van der Waals surface area contributed by atoms with Crippen molar-refractivity contribution in [2.75, 3.05) is 6.54 Å². The number of fused-ring (bicyclic) bond motifs is 1. The molecule has 4 nitrogen and oxygen atoms in total. The Balaban J connectivity index is 1.84. The van der Waals surface area contributed by atoms with Crippen LogP contribution in [0.4, 0.5) is 0 Å². The molecule has 1 fully saturated rings. The van der Waals surface area contributed by atoms with Crippen molar-refractivity contribution < 1.29 is 9.21 Å². The summed E-state index contributed by atoms with van der Waals surface area (Å²) in [6, 6.07) is 9.44. The average molecular weight is 286 g/mol. The van der Waals surface area contributed by atoms with Gasteiger partial charge in [-0.05, 0) is 30.9 Å². The number of carbonyl (C=O) groups excluding carboxylic acids is 1. The highest BCUT2D eigenvalue weighted by atomic mass is 16.3. The molecule has 1 heterocycles. The Morgan fingerprint density at radius 2 is 2.24 bits per heavy atom. The standard InChI is InChI=1S/C17H22N2O2/c1-12-6-4-5-9-17(12,11-18)19-16(20)15-10-13-7-2-3-8-14(13)21-15/h2-3,7-8,10,12H,4-6,9,11,18H2,1H3,(H,19,20). The number of amides is 1. The molecule has 1 aliphatic rings. The van der Waals surface area contributed by atoms with E-state index < -0.39 is 0 Å². The molecule has 0 radical (unpaired) electrons. The van der Waals surface area contributed by atoms with E-state index in [1.807, 2.05) is 24.3 Å². The van der Waals surface area contributed by atoms with Gasteiger partial charge in [0.2, 0.25) is 0 Å². The fourth-order valence-corrected chi connectivity index (χ4v) is 3.34. The lowest BCUT2D eigenvalue weighted by Gasteiger charge is -2.42. The van der Waals surface area contributed by atoms with E-state index in [4.69, 9.17) is 10.2 Å². The first-order chi connectivity index (χ1) is 10.1. The monoisotopic (exact) mass is 286 g/mol. The van der Waals surface area contributed by atoms with Crippen molar-refractivity contribution in [3.63, 3.8) is 0 Å². The van der Waals surface area contributed by atoms with Gasteiger partial charge in [-0.1, -0.05) is 38.0 Å². The zero-order valence-corrected chi connectivity index (χ0v) is 12.4. The van der Waals surface area contributed by atoms with Crippen molar-refractivity contribution in [1.82, 2.24) is 5.32 Å². The molecule has 0 bridgehead atoms. The smallest absolute Gasteiger partial charge is 0.287 e. The maximum absolute atomic E-state index is 12.5. The molecule has 2 unspecified atom stereocenters. The Bertz CT molecular complexity index is 616. The van der Waals surface area contributed by atoms with Gasteiger partial charge in [0.1, 0.15) is 5.58 Å². The second-order valence-electron chi connectivity index (χ2n) is 6.11. The fraction of sp³-hybridized carbons (Fsp3) is 0.471. The van der Waals surface area contributed by atoms with Gasteiger partial charge in [-0.2, -0.15) is 0 Å². The molecule has 2 aromatic rings. The quantitative estimate of drug-likeness (QED) is 0.911. The third-order valence-electron chi connectivity index (χ3n) is 4.83. The second-order valence-corrected chi connectivity index (χ2v) is 6.11. The first-order valence-corrected chi connectivity index (χ1v) is 7.66. The molecule has 21 heavy (non-hydrogen) atoms.